The maximum atomic E-state index is 13.4. The van der Waals surface area contributed by atoms with Crippen LogP contribution in [-0.4, -0.2) is 63.5 Å². The number of fused-ring (bicyclic) bond motifs is 1. The Labute approximate surface area is 298 Å². The molecule has 13 nitrogen and oxygen atoms in total. The zero-order valence-electron chi connectivity index (χ0n) is 29.7. The van der Waals surface area contributed by atoms with E-state index in [0.29, 0.717) is 41.6 Å². The van der Waals surface area contributed by atoms with E-state index in [-0.39, 0.29) is 42.2 Å². The Morgan fingerprint density at radius 3 is 2.39 bits per heavy atom. The number of hydrogen-bond donors (Lipinski definition) is 7. The number of allylic oxidation sites excluding steroid dienone is 1. The number of aromatic nitrogens is 1. The quantitative estimate of drug-likeness (QED) is 0.0980. The van der Waals surface area contributed by atoms with Crippen LogP contribution in [0.1, 0.15) is 81.7 Å². The summed E-state index contributed by atoms with van der Waals surface area (Å²) in [5, 5.41) is 39.7. The molecule has 2 aliphatic rings. The van der Waals surface area contributed by atoms with Crippen LogP contribution in [0.25, 0.3) is 0 Å². The summed E-state index contributed by atoms with van der Waals surface area (Å²) in [6.07, 6.45) is 7.57. The first-order valence-corrected chi connectivity index (χ1v) is 17.1. The summed E-state index contributed by atoms with van der Waals surface area (Å²) in [5.41, 5.74) is 10.2. The molecule has 1 aromatic heterocycles. The highest BCUT2D eigenvalue weighted by atomic mass is 16.5. The molecule has 0 saturated carbocycles. The number of aliphatic imine (C=N–C) groups is 1. The standard InChI is InChI=1S/C37H48N8O3.CH2O2/c1-37(2,3)32(38)21-34(41-25-14-12-24(23-46)13-15-25)43-36(47)42-29-17-18-31(28-10-6-5-9-27(28)29)48-26-16-19-33(39)45(22-26)35(40)30-11-7-8-20-44(30)4;2-1-3/h5-6,9-10,12-16,19,21-22,29-31,39-40,46H,7-8,11,17-18,20,23,38H2,1-4H3,(H2,41,42,43,47);1H,(H,2,3)/b32-21-,39-33?,40-35?;/t29-,30-,31+;/m0./s1. The van der Waals surface area contributed by atoms with Crippen LogP contribution in [0.2, 0.25) is 0 Å². The van der Waals surface area contributed by atoms with Crippen LogP contribution < -0.4 is 26.6 Å². The van der Waals surface area contributed by atoms with Gasteiger partial charge in [-0.1, -0.05) is 63.6 Å². The van der Waals surface area contributed by atoms with Crippen molar-refractivity contribution < 1.29 is 24.5 Å². The molecule has 272 valence electrons. The van der Waals surface area contributed by atoms with Crippen molar-refractivity contribution in [1.29, 1.82) is 10.8 Å². The monoisotopic (exact) mass is 698 g/mol. The van der Waals surface area contributed by atoms with Crippen LogP contribution in [-0.2, 0) is 11.4 Å². The van der Waals surface area contributed by atoms with Crippen molar-refractivity contribution in [3.05, 3.63) is 101 Å². The van der Waals surface area contributed by atoms with Crippen molar-refractivity contribution in [3.8, 4) is 5.75 Å². The Morgan fingerprint density at radius 2 is 1.75 bits per heavy atom. The first-order chi connectivity index (χ1) is 24.3. The molecule has 3 atom stereocenters. The molecule has 2 aromatic carbocycles. The zero-order valence-corrected chi connectivity index (χ0v) is 29.7. The number of piperidine rings is 1. The molecule has 8 N–H and O–H groups in total. The van der Waals surface area contributed by atoms with Gasteiger partial charge in [0.25, 0.3) is 6.47 Å². The number of aliphatic hydroxyl groups is 1. The molecular formula is C38H50N8O5. The van der Waals surface area contributed by atoms with Crippen LogP contribution in [0.3, 0.4) is 0 Å². The zero-order chi connectivity index (χ0) is 37.1. The molecule has 1 fully saturated rings. The van der Waals surface area contributed by atoms with E-state index in [9.17, 15) is 9.90 Å². The number of carbonyl (C=O) groups excluding carboxylic acids is 1. The van der Waals surface area contributed by atoms with Gasteiger partial charge in [-0.25, -0.2) is 9.79 Å². The lowest BCUT2D eigenvalue weighted by molar-refractivity contribution is -0.122. The maximum absolute atomic E-state index is 13.4. The Bertz CT molecular complexity index is 1790. The minimum Gasteiger partial charge on any atom is -0.484 e. The van der Waals surface area contributed by atoms with Crippen molar-refractivity contribution in [2.75, 3.05) is 13.6 Å². The van der Waals surface area contributed by atoms with Gasteiger partial charge in [0.15, 0.2) is 0 Å². The van der Waals surface area contributed by atoms with Gasteiger partial charge in [-0.2, -0.15) is 0 Å². The molecule has 5 rings (SSSR count). The normalized spacial score (nSPS) is 19.5. The lowest BCUT2D eigenvalue weighted by Crippen LogP contribution is -2.46. The number of urea groups is 1. The number of carboxylic acid groups (broad SMARTS) is 1. The number of carbonyl (C=O) groups is 2. The van der Waals surface area contributed by atoms with E-state index in [0.717, 1.165) is 42.5 Å². The summed E-state index contributed by atoms with van der Waals surface area (Å²) < 4.78 is 8.14. The molecule has 1 aliphatic carbocycles. The maximum Gasteiger partial charge on any atom is 0.320 e. The number of aliphatic hydroxyl groups excluding tert-OH is 1. The molecule has 3 aromatic rings. The summed E-state index contributed by atoms with van der Waals surface area (Å²) in [6.45, 7) is 6.60. The largest absolute Gasteiger partial charge is 0.484 e. The number of nitrogens with one attached hydrogen (secondary N) is 4. The van der Waals surface area contributed by atoms with E-state index in [4.69, 9.17) is 31.2 Å². The number of hydrogen-bond acceptors (Lipinski definition) is 9. The van der Waals surface area contributed by atoms with E-state index < -0.39 is 6.03 Å². The topological polar surface area (TPSA) is 202 Å². The Hall–Kier alpha value is -5.27. The molecular weight excluding hydrogens is 648 g/mol. The van der Waals surface area contributed by atoms with Crippen molar-refractivity contribution in [2.24, 2.45) is 16.1 Å². The summed E-state index contributed by atoms with van der Waals surface area (Å²) in [6, 6.07) is 17.8. The van der Waals surface area contributed by atoms with Gasteiger partial charge in [0.1, 0.15) is 29.0 Å². The molecule has 2 amide bonds. The third kappa shape index (κ3) is 10.4. The van der Waals surface area contributed by atoms with E-state index in [1.165, 1.54) is 0 Å². The summed E-state index contributed by atoms with van der Waals surface area (Å²) in [7, 11) is 2.04. The van der Waals surface area contributed by atoms with Gasteiger partial charge in [-0.15, -0.1) is 0 Å². The van der Waals surface area contributed by atoms with E-state index >= 15 is 0 Å². The lowest BCUT2D eigenvalue weighted by atomic mass is 9.85. The third-order valence-electron chi connectivity index (χ3n) is 9.05. The van der Waals surface area contributed by atoms with Crippen LogP contribution >= 0.6 is 0 Å². The van der Waals surface area contributed by atoms with Crippen LogP contribution in [0.15, 0.2) is 83.6 Å². The number of rotatable bonds is 7. The number of likely N-dealkylation sites (tertiary alicyclic amines) is 1. The minimum atomic E-state index is -0.406. The van der Waals surface area contributed by atoms with E-state index in [1.807, 2.05) is 52.1 Å². The Balaban J connectivity index is 0.00000188. The third-order valence-corrected chi connectivity index (χ3v) is 9.05. The summed E-state index contributed by atoms with van der Waals surface area (Å²) >= 11 is 0. The van der Waals surface area contributed by atoms with Gasteiger partial charge < -0.3 is 26.0 Å². The average Bonchev–Trinajstić information content (AvgIpc) is 3.10. The molecule has 51 heavy (non-hydrogen) atoms. The SMILES string of the molecule is CN1CCCC[C@H]1C(=N)n1cc(O[C@@H]2CC[C@H](NC(=O)NC(/C=C(\N)C(C)(C)C)=Nc3ccc(CO)cc3)c3ccccc32)ccc1=N.O=CO. The highest BCUT2D eigenvalue weighted by molar-refractivity contribution is 6.05. The van der Waals surface area contributed by atoms with Crippen molar-refractivity contribution >= 4 is 29.9 Å². The minimum absolute atomic E-state index is 0.0331. The predicted molar refractivity (Wildman–Crippen MR) is 197 cm³/mol. The van der Waals surface area contributed by atoms with E-state index in [2.05, 4.69) is 20.5 Å². The van der Waals surface area contributed by atoms with Gasteiger partial charge in [0.05, 0.1) is 30.6 Å². The van der Waals surface area contributed by atoms with Gasteiger partial charge >= 0.3 is 6.03 Å². The second-order valence-electron chi connectivity index (χ2n) is 13.7. The number of ether oxygens (including phenoxy) is 1. The summed E-state index contributed by atoms with van der Waals surface area (Å²) in [4.78, 5) is 28.6. The van der Waals surface area contributed by atoms with Gasteiger partial charge in [-0.05, 0) is 80.2 Å². The average molecular weight is 699 g/mol. The molecule has 13 heteroatoms. The Kier molecular flexibility index (Phi) is 13.3. The van der Waals surface area contributed by atoms with Crippen LogP contribution in [0, 0.1) is 16.2 Å². The van der Waals surface area contributed by atoms with Crippen LogP contribution in [0.5, 0.6) is 5.75 Å². The molecule has 0 spiro atoms. The van der Waals surface area contributed by atoms with Gasteiger partial charge in [0.2, 0.25) is 0 Å². The second kappa shape index (κ2) is 17.6. The molecule has 2 heterocycles. The molecule has 0 bridgehead atoms. The number of amidine groups is 1. The number of likely N-dealkylation sites (N-methyl/N-ethyl adjacent to an activating group) is 1. The number of amides is 2. The lowest BCUT2D eigenvalue weighted by Gasteiger charge is -2.34. The molecule has 1 saturated heterocycles. The fourth-order valence-electron chi connectivity index (χ4n) is 6.10. The number of nitrogens with zero attached hydrogens (tertiary/aromatic N) is 3. The fraction of sp³-hybridized carbons (Fsp3) is 0.395. The molecule has 0 radical (unpaired) electrons. The number of benzene rings is 2. The van der Waals surface area contributed by atoms with Gasteiger partial charge in [0, 0.05) is 17.2 Å². The predicted octanol–water partition coefficient (Wildman–Crippen LogP) is 5.34. The van der Waals surface area contributed by atoms with Gasteiger partial charge in [-0.3, -0.25) is 30.4 Å². The fourth-order valence-corrected chi connectivity index (χ4v) is 6.10. The first-order valence-electron chi connectivity index (χ1n) is 17.1. The van der Waals surface area contributed by atoms with Crippen molar-refractivity contribution in [2.45, 2.75) is 77.7 Å². The summed E-state index contributed by atoms with van der Waals surface area (Å²) in [5.74, 6) is 1.28. The number of pyridine rings is 1. The highest BCUT2D eigenvalue weighted by Gasteiger charge is 2.30. The van der Waals surface area contributed by atoms with Crippen molar-refractivity contribution in [1.82, 2.24) is 20.1 Å². The number of nitrogens with two attached hydrogens (primary N) is 1. The highest BCUT2D eigenvalue weighted by Crippen LogP contribution is 2.38. The molecule has 1 aliphatic heterocycles. The van der Waals surface area contributed by atoms with Crippen LogP contribution in [0.4, 0.5) is 10.5 Å². The smallest absolute Gasteiger partial charge is 0.320 e. The molecule has 0 unspecified atom stereocenters. The van der Waals surface area contributed by atoms with Crippen molar-refractivity contribution in [3.63, 3.8) is 0 Å². The van der Waals surface area contributed by atoms with E-state index in [1.54, 1.807) is 53.2 Å². The Morgan fingerprint density at radius 1 is 1.06 bits per heavy atom. The second-order valence-corrected chi connectivity index (χ2v) is 13.7. The first kappa shape index (κ1) is 38.5.